The molecule has 36 heavy (non-hydrogen) atoms. The zero-order valence-corrected chi connectivity index (χ0v) is 21.3. The standard InChI is InChI=1S/C27H27ClN6O2/c1-17-5-6-21-24(35)22(19(3)36-25(21)18(17)2)14-33(13-20-7-9-29-10-8-20)11-4-12-34-16-32-23-26(28)30-15-31-27(23)34/h5-10,15-16H,4,11-14H2,1-3H3. The van der Waals surface area contributed by atoms with Crippen LogP contribution in [0.15, 0.2) is 58.5 Å². The Morgan fingerprint density at radius 2 is 1.83 bits per heavy atom. The van der Waals surface area contributed by atoms with E-state index >= 15 is 0 Å². The number of nitrogens with zero attached hydrogens (tertiary/aromatic N) is 6. The van der Waals surface area contributed by atoms with E-state index in [1.54, 1.807) is 18.7 Å². The normalized spacial score (nSPS) is 11.7. The number of hydrogen-bond donors (Lipinski definition) is 0. The van der Waals surface area contributed by atoms with Gasteiger partial charge in [-0.05, 0) is 62.1 Å². The van der Waals surface area contributed by atoms with Crippen molar-refractivity contribution in [3.8, 4) is 0 Å². The van der Waals surface area contributed by atoms with Gasteiger partial charge in [0.05, 0.1) is 17.3 Å². The lowest BCUT2D eigenvalue weighted by Gasteiger charge is -2.23. The Bertz CT molecular complexity index is 1600. The fourth-order valence-electron chi connectivity index (χ4n) is 4.49. The Hall–Kier alpha value is -3.62. The Kier molecular flexibility index (Phi) is 6.80. The largest absolute Gasteiger partial charge is 0.460 e. The average Bonchev–Trinajstić information content (AvgIpc) is 3.29. The van der Waals surface area contributed by atoms with Crippen LogP contribution in [0.25, 0.3) is 22.1 Å². The molecule has 0 unspecified atom stereocenters. The van der Waals surface area contributed by atoms with Crippen LogP contribution in [0.3, 0.4) is 0 Å². The number of halogens is 1. The summed E-state index contributed by atoms with van der Waals surface area (Å²) in [6.07, 6.45) is 7.59. The van der Waals surface area contributed by atoms with Gasteiger partial charge < -0.3 is 8.98 Å². The molecule has 0 spiro atoms. The molecule has 5 aromatic rings. The topological polar surface area (TPSA) is 89.9 Å². The smallest absolute Gasteiger partial charge is 0.197 e. The first kappa shape index (κ1) is 24.1. The first-order chi connectivity index (χ1) is 17.4. The molecule has 0 saturated carbocycles. The van der Waals surface area contributed by atoms with E-state index in [1.807, 2.05) is 49.6 Å². The summed E-state index contributed by atoms with van der Waals surface area (Å²) in [6, 6.07) is 7.85. The van der Waals surface area contributed by atoms with E-state index in [2.05, 4.69) is 24.8 Å². The number of benzene rings is 1. The van der Waals surface area contributed by atoms with Gasteiger partial charge >= 0.3 is 0 Å². The number of rotatable bonds is 8. The Morgan fingerprint density at radius 3 is 2.64 bits per heavy atom. The highest BCUT2D eigenvalue weighted by atomic mass is 35.5. The Balaban J connectivity index is 1.40. The first-order valence-corrected chi connectivity index (χ1v) is 12.2. The lowest BCUT2D eigenvalue weighted by molar-refractivity contribution is 0.245. The summed E-state index contributed by atoms with van der Waals surface area (Å²) in [5, 5.41) is 0.978. The van der Waals surface area contributed by atoms with E-state index in [-0.39, 0.29) is 5.43 Å². The van der Waals surface area contributed by atoms with Crippen molar-refractivity contribution < 1.29 is 4.42 Å². The lowest BCUT2D eigenvalue weighted by atomic mass is 10.0. The molecule has 0 bridgehead atoms. The van der Waals surface area contributed by atoms with Gasteiger partial charge in [-0.15, -0.1) is 0 Å². The van der Waals surface area contributed by atoms with Crippen molar-refractivity contribution in [2.45, 2.75) is 46.8 Å². The van der Waals surface area contributed by atoms with Crippen LogP contribution in [0, 0.1) is 20.8 Å². The highest BCUT2D eigenvalue weighted by Gasteiger charge is 2.18. The van der Waals surface area contributed by atoms with Gasteiger partial charge in [0.2, 0.25) is 0 Å². The van der Waals surface area contributed by atoms with E-state index in [1.165, 1.54) is 6.33 Å². The van der Waals surface area contributed by atoms with Crippen molar-refractivity contribution in [1.82, 2.24) is 29.4 Å². The van der Waals surface area contributed by atoms with Crippen LogP contribution in [0.5, 0.6) is 0 Å². The van der Waals surface area contributed by atoms with Crippen LogP contribution in [0.2, 0.25) is 5.15 Å². The van der Waals surface area contributed by atoms with E-state index in [4.69, 9.17) is 16.0 Å². The molecule has 4 aromatic heterocycles. The van der Waals surface area contributed by atoms with Crippen molar-refractivity contribution >= 4 is 33.7 Å². The number of aromatic nitrogens is 5. The summed E-state index contributed by atoms with van der Waals surface area (Å²) in [7, 11) is 0. The Morgan fingerprint density at radius 1 is 1.03 bits per heavy atom. The molecule has 0 amide bonds. The minimum Gasteiger partial charge on any atom is -0.460 e. The van der Waals surface area contributed by atoms with E-state index < -0.39 is 0 Å². The van der Waals surface area contributed by atoms with Gasteiger partial charge in [-0.3, -0.25) is 14.7 Å². The molecular formula is C27H27ClN6O2. The summed E-state index contributed by atoms with van der Waals surface area (Å²) in [6.45, 7) is 8.53. The molecule has 0 aliphatic carbocycles. The maximum absolute atomic E-state index is 13.5. The van der Waals surface area contributed by atoms with Crippen molar-refractivity contribution in [1.29, 1.82) is 0 Å². The fourth-order valence-corrected chi connectivity index (χ4v) is 4.66. The maximum Gasteiger partial charge on any atom is 0.197 e. The second kappa shape index (κ2) is 10.2. The minimum absolute atomic E-state index is 0.0310. The van der Waals surface area contributed by atoms with Crippen LogP contribution in [-0.4, -0.2) is 35.9 Å². The van der Waals surface area contributed by atoms with E-state index in [0.717, 1.165) is 29.7 Å². The third-order valence-electron chi connectivity index (χ3n) is 6.64. The summed E-state index contributed by atoms with van der Waals surface area (Å²) in [5.74, 6) is 0.660. The second-order valence-electron chi connectivity index (χ2n) is 9.04. The van der Waals surface area contributed by atoms with Crippen LogP contribution in [0.1, 0.15) is 34.4 Å². The molecule has 0 saturated heterocycles. The molecule has 0 aliphatic heterocycles. The van der Waals surface area contributed by atoms with Gasteiger partial charge in [0.1, 0.15) is 23.2 Å². The SMILES string of the molecule is Cc1ccc2c(=O)c(CN(CCCn3cnc4c(Cl)ncnc43)Cc3ccncc3)c(C)oc2c1C. The van der Waals surface area contributed by atoms with Gasteiger partial charge in [0, 0.05) is 38.6 Å². The number of imidazole rings is 1. The average molecular weight is 503 g/mol. The van der Waals surface area contributed by atoms with Crippen molar-refractivity contribution in [3.63, 3.8) is 0 Å². The highest BCUT2D eigenvalue weighted by molar-refractivity contribution is 6.33. The monoisotopic (exact) mass is 502 g/mol. The molecule has 0 atom stereocenters. The van der Waals surface area contributed by atoms with Crippen LogP contribution in [-0.2, 0) is 19.6 Å². The van der Waals surface area contributed by atoms with Gasteiger partial charge in [0.25, 0.3) is 0 Å². The van der Waals surface area contributed by atoms with E-state index in [0.29, 0.717) is 58.2 Å². The molecule has 0 fully saturated rings. The van der Waals surface area contributed by atoms with Gasteiger partial charge in [-0.1, -0.05) is 17.7 Å². The summed E-state index contributed by atoms with van der Waals surface area (Å²) >= 11 is 6.15. The first-order valence-electron chi connectivity index (χ1n) is 11.9. The molecule has 4 heterocycles. The zero-order valence-electron chi connectivity index (χ0n) is 20.5. The van der Waals surface area contributed by atoms with Gasteiger partial charge in [-0.2, -0.15) is 0 Å². The number of pyridine rings is 1. The predicted octanol–water partition coefficient (Wildman–Crippen LogP) is 5.00. The van der Waals surface area contributed by atoms with Crippen molar-refractivity contribution in [2.75, 3.05) is 6.54 Å². The third kappa shape index (κ3) is 4.74. The van der Waals surface area contributed by atoms with Gasteiger partial charge in [-0.25, -0.2) is 15.0 Å². The van der Waals surface area contributed by atoms with Crippen LogP contribution >= 0.6 is 11.6 Å². The van der Waals surface area contributed by atoms with Crippen LogP contribution in [0.4, 0.5) is 0 Å². The molecule has 0 radical (unpaired) electrons. The quantitative estimate of drug-likeness (QED) is 0.276. The molecule has 0 N–H and O–H groups in total. The third-order valence-corrected chi connectivity index (χ3v) is 6.92. The fraction of sp³-hybridized carbons (Fsp3) is 0.296. The molecular weight excluding hydrogens is 476 g/mol. The van der Waals surface area contributed by atoms with E-state index in [9.17, 15) is 4.79 Å². The summed E-state index contributed by atoms with van der Waals surface area (Å²) in [5.41, 5.74) is 5.95. The molecule has 5 rings (SSSR count). The van der Waals surface area contributed by atoms with Crippen LogP contribution < -0.4 is 5.43 Å². The molecule has 184 valence electrons. The Labute approximate surface area is 213 Å². The second-order valence-corrected chi connectivity index (χ2v) is 9.40. The number of hydrogen-bond acceptors (Lipinski definition) is 7. The van der Waals surface area contributed by atoms with Gasteiger partial charge in [0.15, 0.2) is 16.2 Å². The maximum atomic E-state index is 13.5. The summed E-state index contributed by atoms with van der Waals surface area (Å²) in [4.78, 5) is 32.6. The molecule has 9 heteroatoms. The van der Waals surface area contributed by atoms with Crippen molar-refractivity contribution in [2.24, 2.45) is 0 Å². The molecule has 0 aliphatic rings. The number of aryl methyl sites for hydroxylation is 4. The van der Waals surface area contributed by atoms with Crippen molar-refractivity contribution in [3.05, 3.63) is 92.7 Å². The minimum atomic E-state index is 0.0310. The molecule has 1 aromatic carbocycles. The molecule has 8 nitrogen and oxygen atoms in total. The number of fused-ring (bicyclic) bond motifs is 2. The predicted molar refractivity (Wildman–Crippen MR) is 140 cm³/mol. The zero-order chi connectivity index (χ0) is 25.2. The lowest BCUT2D eigenvalue weighted by Crippen LogP contribution is -2.28. The highest BCUT2D eigenvalue weighted by Crippen LogP contribution is 2.23. The summed E-state index contributed by atoms with van der Waals surface area (Å²) < 4.78 is 8.16.